The molecule has 4 atom stereocenters. The molecule has 1 heterocycles. The second-order valence-electron chi connectivity index (χ2n) is 12.7. The second kappa shape index (κ2) is 20.9. The fraction of sp³-hybridized carbons (Fsp3) is 0.531. The molecular formula is C32H48N10O9S2. The van der Waals surface area contributed by atoms with Crippen LogP contribution in [0, 0.1) is 0 Å². The van der Waals surface area contributed by atoms with Crippen molar-refractivity contribution >= 4 is 74.9 Å². The third-order valence-corrected chi connectivity index (χ3v) is 11.2. The lowest BCUT2D eigenvalue weighted by Gasteiger charge is -2.34. The lowest BCUT2D eigenvalue weighted by Crippen LogP contribution is -2.60. The third-order valence-electron chi connectivity index (χ3n) is 7.85. The Hall–Kier alpha value is -5.05. The topological polar surface area (TPSA) is 302 Å². The monoisotopic (exact) mass is 780 g/mol. The first-order chi connectivity index (χ1) is 24.8. The Labute approximate surface area is 314 Å². The van der Waals surface area contributed by atoms with E-state index in [1.54, 1.807) is 44.2 Å². The maximum Gasteiger partial charge on any atom is 0.305 e. The summed E-state index contributed by atoms with van der Waals surface area (Å²) in [6.45, 7) is 3.22. The molecule has 0 unspecified atom stereocenters. The number of benzene rings is 1. The molecule has 0 spiro atoms. The Balaban J connectivity index is 2.60. The fourth-order valence-corrected chi connectivity index (χ4v) is 7.96. The number of aliphatic imine (C=N–C) groups is 1. The van der Waals surface area contributed by atoms with E-state index in [0.717, 1.165) is 26.5 Å². The largest absolute Gasteiger partial charge is 0.481 e. The normalized spacial score (nSPS) is 22.5. The fourth-order valence-electron chi connectivity index (χ4n) is 5.14. The number of nitrogens with one attached hydrogen (secondary N) is 4. The smallest absolute Gasteiger partial charge is 0.305 e. The highest BCUT2D eigenvalue weighted by molar-refractivity contribution is 8.77. The van der Waals surface area contributed by atoms with Crippen molar-refractivity contribution in [1.29, 1.82) is 0 Å². The number of hydrogen-bond donors (Lipinski definition) is 8. The molecule has 1 aliphatic heterocycles. The summed E-state index contributed by atoms with van der Waals surface area (Å²) in [6, 6.07) is 3.37. The molecule has 292 valence electrons. The molecule has 11 N–H and O–H groups in total. The second-order valence-corrected chi connectivity index (χ2v) is 15.6. The van der Waals surface area contributed by atoms with Crippen molar-refractivity contribution in [1.82, 2.24) is 31.1 Å². The molecule has 21 heteroatoms. The Bertz CT molecular complexity index is 1540. The van der Waals surface area contributed by atoms with Crippen LogP contribution in [-0.4, -0.2) is 130 Å². The van der Waals surface area contributed by atoms with Crippen molar-refractivity contribution < 1.29 is 43.5 Å². The van der Waals surface area contributed by atoms with Gasteiger partial charge in [-0.05, 0) is 32.3 Å². The number of rotatable bonds is 10. The Morgan fingerprint density at radius 1 is 1.04 bits per heavy atom. The van der Waals surface area contributed by atoms with Crippen molar-refractivity contribution in [3.05, 3.63) is 35.9 Å². The lowest BCUT2D eigenvalue weighted by molar-refractivity contribution is -0.145. The summed E-state index contributed by atoms with van der Waals surface area (Å²) < 4.78 is -1.18. The number of carbonyl (C=O) groups is 8. The van der Waals surface area contributed by atoms with Gasteiger partial charge < -0.3 is 53.4 Å². The number of carboxylic acid groups (broad SMARTS) is 1. The van der Waals surface area contributed by atoms with E-state index in [2.05, 4.69) is 26.3 Å². The molecule has 1 fully saturated rings. The van der Waals surface area contributed by atoms with E-state index < -0.39 is 95.7 Å². The molecule has 1 aliphatic rings. The van der Waals surface area contributed by atoms with Gasteiger partial charge in [-0.15, -0.1) is 0 Å². The summed E-state index contributed by atoms with van der Waals surface area (Å²) in [7, 11) is 3.49. The number of primary amides is 1. The number of aliphatic carboxylic acids is 1. The molecule has 0 saturated carbocycles. The van der Waals surface area contributed by atoms with Gasteiger partial charge in [0.1, 0.15) is 30.7 Å². The van der Waals surface area contributed by atoms with Gasteiger partial charge in [-0.1, -0.05) is 51.9 Å². The SMILES string of the molecule is CC(=O)N[C@H]1CSSC(C)(C)[C@@H](C(N)=O)NC(=O)[C@H](CC(=O)O)NC(=O)CNC(=O)[C@H](CCCN=C(N)N)N(C)C(=O)CN(Cc2ccccc2)C1=O. The van der Waals surface area contributed by atoms with Crippen molar-refractivity contribution in [2.75, 3.05) is 32.4 Å². The standard InChI is InChI=1S/C32H48N10O9S2/c1-18(43)38-21-17-52-53-32(2,3)26(27(33)48)40-28(49)20(13-25(46)47)39-23(44)14-37-29(50)22(11-8-12-36-31(34)35)41(4)24(45)16-42(30(21)51)15-19-9-6-5-7-10-19/h5-7,9-10,20-22,26H,8,11-17H2,1-4H3,(H2,33,48)(H,37,50)(H,38,43)(H,39,44)(H,40,49)(H,46,47)(H4,34,35,36)/t20-,21-,22-,26+/m0/s1. The van der Waals surface area contributed by atoms with Gasteiger partial charge in [0.2, 0.25) is 41.4 Å². The number of carbonyl (C=O) groups excluding carboxylic acids is 7. The van der Waals surface area contributed by atoms with Gasteiger partial charge in [0.25, 0.3) is 0 Å². The van der Waals surface area contributed by atoms with E-state index in [1.165, 1.54) is 18.9 Å². The summed E-state index contributed by atoms with van der Waals surface area (Å²) in [5.41, 5.74) is 17.2. The van der Waals surface area contributed by atoms with Crippen LogP contribution < -0.4 is 38.5 Å². The molecule has 0 aromatic heterocycles. The molecule has 1 aromatic rings. The van der Waals surface area contributed by atoms with Gasteiger partial charge >= 0.3 is 5.97 Å². The minimum absolute atomic E-state index is 0.0236. The first kappa shape index (κ1) is 44.1. The Kier molecular flexibility index (Phi) is 17.4. The van der Waals surface area contributed by atoms with E-state index in [1.807, 2.05) is 0 Å². The zero-order valence-corrected chi connectivity index (χ0v) is 31.6. The number of hydrogen-bond acceptors (Lipinski definition) is 11. The van der Waals surface area contributed by atoms with Gasteiger partial charge in [-0.3, -0.25) is 43.3 Å². The van der Waals surface area contributed by atoms with Crippen LogP contribution in [0.15, 0.2) is 35.3 Å². The van der Waals surface area contributed by atoms with E-state index in [0.29, 0.717) is 5.56 Å². The molecule has 1 aromatic carbocycles. The zero-order valence-electron chi connectivity index (χ0n) is 30.0. The van der Waals surface area contributed by atoms with E-state index in [4.69, 9.17) is 17.2 Å². The quantitative estimate of drug-likeness (QED) is 0.0533. The van der Waals surface area contributed by atoms with Crippen LogP contribution in [0.25, 0.3) is 0 Å². The molecule has 7 amide bonds. The number of guanidine groups is 1. The van der Waals surface area contributed by atoms with Crippen molar-refractivity contribution in [2.45, 2.75) is 75.5 Å². The van der Waals surface area contributed by atoms with Crippen molar-refractivity contribution in [2.24, 2.45) is 22.2 Å². The number of carboxylic acids is 1. The van der Waals surface area contributed by atoms with Crippen LogP contribution >= 0.6 is 21.6 Å². The van der Waals surface area contributed by atoms with Gasteiger partial charge in [-0.25, -0.2) is 0 Å². The highest BCUT2D eigenvalue weighted by Gasteiger charge is 2.39. The van der Waals surface area contributed by atoms with E-state index in [9.17, 15) is 43.5 Å². The van der Waals surface area contributed by atoms with Crippen molar-refractivity contribution in [3.8, 4) is 0 Å². The highest BCUT2D eigenvalue weighted by atomic mass is 33.1. The molecule has 53 heavy (non-hydrogen) atoms. The molecule has 0 bridgehead atoms. The molecule has 19 nitrogen and oxygen atoms in total. The number of nitrogens with two attached hydrogens (primary N) is 3. The van der Waals surface area contributed by atoms with Gasteiger partial charge in [0, 0.05) is 37.6 Å². The summed E-state index contributed by atoms with van der Waals surface area (Å²) in [4.78, 5) is 111. The van der Waals surface area contributed by atoms with Gasteiger partial charge in [0.15, 0.2) is 5.96 Å². The minimum Gasteiger partial charge on any atom is -0.481 e. The van der Waals surface area contributed by atoms with Gasteiger partial charge in [-0.2, -0.15) is 0 Å². The third kappa shape index (κ3) is 14.8. The van der Waals surface area contributed by atoms with Crippen molar-refractivity contribution in [3.63, 3.8) is 0 Å². The first-order valence-electron chi connectivity index (χ1n) is 16.4. The average molecular weight is 781 g/mol. The molecule has 2 rings (SSSR count). The molecular weight excluding hydrogens is 733 g/mol. The van der Waals surface area contributed by atoms with Crippen LogP contribution in [0.2, 0.25) is 0 Å². The Morgan fingerprint density at radius 3 is 2.28 bits per heavy atom. The summed E-state index contributed by atoms with van der Waals surface area (Å²) in [5.74, 6) is -7.21. The van der Waals surface area contributed by atoms with E-state index in [-0.39, 0.29) is 37.6 Å². The Morgan fingerprint density at radius 2 is 1.70 bits per heavy atom. The number of likely N-dealkylation sites (N-methyl/N-ethyl adjacent to an activating group) is 1. The maximum absolute atomic E-state index is 14.1. The number of nitrogens with zero attached hydrogens (tertiary/aromatic N) is 3. The maximum atomic E-state index is 14.1. The lowest BCUT2D eigenvalue weighted by atomic mass is 10.0. The molecule has 0 aliphatic carbocycles. The van der Waals surface area contributed by atoms with Crippen LogP contribution in [-0.2, 0) is 44.9 Å². The summed E-state index contributed by atoms with van der Waals surface area (Å²) in [5, 5.41) is 19.2. The summed E-state index contributed by atoms with van der Waals surface area (Å²) >= 11 is 0. The van der Waals surface area contributed by atoms with E-state index >= 15 is 0 Å². The number of amides is 7. The summed E-state index contributed by atoms with van der Waals surface area (Å²) in [6.07, 6.45) is -0.621. The highest BCUT2D eigenvalue weighted by Crippen LogP contribution is 2.38. The van der Waals surface area contributed by atoms with Crippen LogP contribution in [0.5, 0.6) is 0 Å². The average Bonchev–Trinajstić information content (AvgIpc) is 3.07. The molecule has 0 radical (unpaired) electrons. The van der Waals surface area contributed by atoms with Crippen LogP contribution in [0.3, 0.4) is 0 Å². The van der Waals surface area contributed by atoms with Crippen LogP contribution in [0.1, 0.15) is 45.6 Å². The molecule has 1 saturated heterocycles. The minimum atomic E-state index is -1.67. The van der Waals surface area contributed by atoms with Crippen LogP contribution in [0.4, 0.5) is 0 Å². The first-order valence-corrected chi connectivity index (χ1v) is 18.7. The predicted octanol–water partition coefficient (Wildman–Crippen LogP) is -2.38. The zero-order chi connectivity index (χ0) is 39.9. The van der Waals surface area contributed by atoms with Gasteiger partial charge in [0.05, 0.1) is 13.0 Å². The predicted molar refractivity (Wildman–Crippen MR) is 198 cm³/mol.